The molecule has 0 aromatic heterocycles. The van der Waals surface area contributed by atoms with Gasteiger partial charge in [0.25, 0.3) is 0 Å². The molecule has 4 heteroatoms. The quantitative estimate of drug-likeness (QED) is 0.600. The normalized spacial score (nSPS) is 16.7. The minimum atomic E-state index is -0.102. The number of rotatable bonds is 5. The Hall–Kier alpha value is -1.32. The van der Waals surface area contributed by atoms with Crippen molar-refractivity contribution in [1.82, 2.24) is 10.2 Å². The zero-order valence-corrected chi connectivity index (χ0v) is 11.3. The lowest BCUT2D eigenvalue weighted by molar-refractivity contribution is -0.136. The van der Waals surface area contributed by atoms with Crippen LogP contribution in [0, 0.1) is 0 Å². The Morgan fingerprint density at radius 1 is 1.28 bits per heavy atom. The standard InChI is InChI=1S/C14H24N2O2/c1-3-10-15-14(18)11-16(12(2)17)13-8-6-4-5-7-9-13/h3,13H,1,4-11H2,2H3,(H,15,18). The third kappa shape index (κ3) is 4.90. The van der Waals surface area contributed by atoms with Gasteiger partial charge in [-0.3, -0.25) is 9.59 Å². The molecule has 0 aromatic rings. The van der Waals surface area contributed by atoms with Gasteiger partial charge < -0.3 is 10.2 Å². The number of carbonyl (C=O) groups is 2. The second-order valence-corrected chi connectivity index (χ2v) is 4.89. The Kier molecular flexibility index (Phi) is 6.47. The van der Waals surface area contributed by atoms with E-state index in [1.54, 1.807) is 17.9 Å². The van der Waals surface area contributed by atoms with E-state index in [0.717, 1.165) is 25.7 Å². The second-order valence-electron chi connectivity index (χ2n) is 4.89. The molecule has 1 aliphatic carbocycles. The van der Waals surface area contributed by atoms with Crippen LogP contribution in [0.5, 0.6) is 0 Å². The molecular formula is C14H24N2O2. The highest BCUT2D eigenvalue weighted by molar-refractivity contribution is 5.84. The third-order valence-corrected chi connectivity index (χ3v) is 3.43. The van der Waals surface area contributed by atoms with Gasteiger partial charge in [0, 0.05) is 19.5 Å². The van der Waals surface area contributed by atoms with E-state index in [1.165, 1.54) is 12.8 Å². The van der Waals surface area contributed by atoms with Gasteiger partial charge in [0.2, 0.25) is 11.8 Å². The average molecular weight is 252 g/mol. The van der Waals surface area contributed by atoms with E-state index in [9.17, 15) is 9.59 Å². The first-order valence-corrected chi connectivity index (χ1v) is 6.80. The van der Waals surface area contributed by atoms with Gasteiger partial charge in [-0.15, -0.1) is 6.58 Å². The molecule has 1 fully saturated rings. The van der Waals surface area contributed by atoms with Gasteiger partial charge in [0.05, 0.1) is 6.54 Å². The summed E-state index contributed by atoms with van der Waals surface area (Å²) in [6.07, 6.45) is 8.48. The summed E-state index contributed by atoms with van der Waals surface area (Å²) < 4.78 is 0. The fourth-order valence-electron chi connectivity index (χ4n) is 2.46. The Bertz CT molecular complexity index is 294. The molecule has 0 spiro atoms. The minimum Gasteiger partial charge on any atom is -0.351 e. The second kappa shape index (κ2) is 7.90. The first-order valence-electron chi connectivity index (χ1n) is 6.80. The van der Waals surface area contributed by atoms with Crippen molar-refractivity contribution in [2.75, 3.05) is 13.1 Å². The number of nitrogens with one attached hydrogen (secondary N) is 1. The van der Waals surface area contributed by atoms with Gasteiger partial charge >= 0.3 is 0 Å². The molecule has 0 bridgehead atoms. The highest BCUT2D eigenvalue weighted by atomic mass is 16.2. The van der Waals surface area contributed by atoms with E-state index < -0.39 is 0 Å². The maximum absolute atomic E-state index is 11.7. The first-order chi connectivity index (χ1) is 8.65. The van der Waals surface area contributed by atoms with Gasteiger partial charge in [-0.1, -0.05) is 31.8 Å². The van der Waals surface area contributed by atoms with Crippen molar-refractivity contribution in [1.29, 1.82) is 0 Å². The van der Waals surface area contributed by atoms with Crippen molar-refractivity contribution in [2.45, 2.75) is 51.5 Å². The highest BCUT2D eigenvalue weighted by Gasteiger charge is 2.23. The largest absolute Gasteiger partial charge is 0.351 e. The van der Waals surface area contributed by atoms with Crippen LogP contribution in [0.1, 0.15) is 45.4 Å². The predicted octanol–water partition coefficient (Wildman–Crippen LogP) is 1.86. The summed E-state index contributed by atoms with van der Waals surface area (Å²) in [5, 5.41) is 2.72. The first kappa shape index (κ1) is 14.7. The molecule has 0 saturated heterocycles. The molecule has 1 aliphatic rings. The number of nitrogens with zero attached hydrogens (tertiary/aromatic N) is 1. The minimum absolute atomic E-state index is 0.00402. The lowest BCUT2D eigenvalue weighted by Crippen LogP contribution is -2.45. The molecule has 0 heterocycles. The molecule has 1 saturated carbocycles. The van der Waals surface area contributed by atoms with Crippen molar-refractivity contribution in [3.63, 3.8) is 0 Å². The van der Waals surface area contributed by atoms with E-state index in [-0.39, 0.29) is 24.4 Å². The van der Waals surface area contributed by atoms with Crippen LogP contribution in [0.4, 0.5) is 0 Å². The maximum atomic E-state index is 11.7. The fourth-order valence-corrected chi connectivity index (χ4v) is 2.46. The fraction of sp³-hybridized carbons (Fsp3) is 0.714. The summed E-state index contributed by atoms with van der Waals surface area (Å²) in [5.41, 5.74) is 0. The molecule has 1 rings (SSSR count). The number of hydrogen-bond acceptors (Lipinski definition) is 2. The van der Waals surface area contributed by atoms with Crippen molar-refractivity contribution in [3.8, 4) is 0 Å². The lowest BCUT2D eigenvalue weighted by Gasteiger charge is -2.29. The molecule has 0 atom stereocenters. The molecule has 0 radical (unpaired) electrons. The van der Waals surface area contributed by atoms with Crippen LogP contribution >= 0.6 is 0 Å². The molecule has 2 amide bonds. The Balaban J connectivity index is 2.54. The van der Waals surface area contributed by atoms with E-state index in [2.05, 4.69) is 11.9 Å². The van der Waals surface area contributed by atoms with Crippen LogP contribution in [-0.4, -0.2) is 35.8 Å². The predicted molar refractivity (Wildman–Crippen MR) is 72.1 cm³/mol. The van der Waals surface area contributed by atoms with Gasteiger partial charge in [0.15, 0.2) is 0 Å². The van der Waals surface area contributed by atoms with Crippen molar-refractivity contribution in [3.05, 3.63) is 12.7 Å². The van der Waals surface area contributed by atoms with Crippen LogP contribution in [0.25, 0.3) is 0 Å². The van der Waals surface area contributed by atoms with Crippen molar-refractivity contribution < 1.29 is 9.59 Å². The van der Waals surface area contributed by atoms with Crippen molar-refractivity contribution >= 4 is 11.8 Å². The van der Waals surface area contributed by atoms with E-state index in [0.29, 0.717) is 6.54 Å². The molecule has 0 unspecified atom stereocenters. The van der Waals surface area contributed by atoms with Crippen molar-refractivity contribution in [2.24, 2.45) is 0 Å². The SMILES string of the molecule is C=CCNC(=O)CN(C(C)=O)C1CCCCCC1. The van der Waals surface area contributed by atoms with Gasteiger partial charge in [-0.05, 0) is 12.8 Å². The van der Waals surface area contributed by atoms with Crippen LogP contribution in [-0.2, 0) is 9.59 Å². The van der Waals surface area contributed by atoms with Crippen LogP contribution in [0.2, 0.25) is 0 Å². The summed E-state index contributed by atoms with van der Waals surface area (Å²) in [7, 11) is 0. The van der Waals surface area contributed by atoms with E-state index in [4.69, 9.17) is 0 Å². The van der Waals surface area contributed by atoms with Gasteiger partial charge in [0.1, 0.15) is 0 Å². The third-order valence-electron chi connectivity index (χ3n) is 3.43. The molecule has 0 aromatic carbocycles. The van der Waals surface area contributed by atoms with E-state index in [1.807, 2.05) is 0 Å². The molecule has 18 heavy (non-hydrogen) atoms. The Morgan fingerprint density at radius 3 is 2.39 bits per heavy atom. The maximum Gasteiger partial charge on any atom is 0.239 e. The lowest BCUT2D eigenvalue weighted by atomic mass is 10.1. The molecular weight excluding hydrogens is 228 g/mol. The summed E-state index contributed by atoms with van der Waals surface area (Å²) in [4.78, 5) is 25.1. The van der Waals surface area contributed by atoms with E-state index >= 15 is 0 Å². The zero-order valence-electron chi connectivity index (χ0n) is 11.3. The van der Waals surface area contributed by atoms with Crippen LogP contribution in [0.3, 0.4) is 0 Å². The Morgan fingerprint density at radius 2 is 1.89 bits per heavy atom. The number of hydrogen-bond donors (Lipinski definition) is 1. The summed E-state index contributed by atoms with van der Waals surface area (Å²) >= 11 is 0. The highest BCUT2D eigenvalue weighted by Crippen LogP contribution is 2.21. The summed E-state index contributed by atoms with van der Waals surface area (Å²) in [5.74, 6) is -0.106. The summed E-state index contributed by atoms with van der Waals surface area (Å²) in [6, 6.07) is 0.236. The molecule has 102 valence electrons. The van der Waals surface area contributed by atoms with Crippen LogP contribution in [0.15, 0.2) is 12.7 Å². The van der Waals surface area contributed by atoms with Gasteiger partial charge in [-0.25, -0.2) is 0 Å². The van der Waals surface area contributed by atoms with Gasteiger partial charge in [-0.2, -0.15) is 0 Å². The smallest absolute Gasteiger partial charge is 0.239 e. The number of carbonyl (C=O) groups excluding carboxylic acids is 2. The Labute approximate surface area is 109 Å². The van der Waals surface area contributed by atoms with Crippen LogP contribution < -0.4 is 5.32 Å². The molecule has 0 aliphatic heterocycles. The summed E-state index contributed by atoms with van der Waals surface area (Å²) in [6.45, 7) is 5.73. The zero-order chi connectivity index (χ0) is 13.4. The monoisotopic (exact) mass is 252 g/mol. The topological polar surface area (TPSA) is 49.4 Å². The molecule has 1 N–H and O–H groups in total. The average Bonchev–Trinajstić information content (AvgIpc) is 2.61. The molecule has 4 nitrogen and oxygen atoms in total. The number of amides is 2.